The molecule has 2 rings (SSSR count). The van der Waals surface area contributed by atoms with Gasteiger partial charge in [-0.1, -0.05) is 0 Å². The Hall–Kier alpha value is -2.01. The number of amides is 1. The fraction of sp³-hybridized carbons (Fsp3) is 0.444. The minimum absolute atomic E-state index is 0. The van der Waals surface area contributed by atoms with Gasteiger partial charge in [0.25, 0.3) is 0 Å². The molecule has 1 amide bonds. The molecule has 3 N–H and O–H groups in total. The van der Waals surface area contributed by atoms with Gasteiger partial charge in [-0.2, -0.15) is 0 Å². The summed E-state index contributed by atoms with van der Waals surface area (Å²) in [6.07, 6.45) is 4.02. The van der Waals surface area contributed by atoms with E-state index in [1.54, 1.807) is 18.6 Å². The van der Waals surface area contributed by atoms with Crippen molar-refractivity contribution in [1.29, 1.82) is 0 Å². The summed E-state index contributed by atoms with van der Waals surface area (Å²) in [7, 11) is 0. The molecule has 8 nitrogen and oxygen atoms in total. The van der Waals surface area contributed by atoms with Crippen LogP contribution in [0.15, 0.2) is 50.6 Å². The smallest absolute Gasteiger partial charge is 0.242 e. The van der Waals surface area contributed by atoms with Gasteiger partial charge in [-0.15, -0.1) is 24.0 Å². The molecular formula is C18H27IN4O4. The monoisotopic (exact) mass is 490 g/mol. The van der Waals surface area contributed by atoms with Crippen LogP contribution in [0, 0.1) is 0 Å². The van der Waals surface area contributed by atoms with Crippen LogP contribution in [0.2, 0.25) is 0 Å². The van der Waals surface area contributed by atoms with Gasteiger partial charge in [0.05, 0.1) is 19.1 Å². The second-order valence-electron chi connectivity index (χ2n) is 5.46. The fourth-order valence-corrected chi connectivity index (χ4v) is 2.10. The van der Waals surface area contributed by atoms with Gasteiger partial charge in [0.15, 0.2) is 5.96 Å². The highest BCUT2D eigenvalue weighted by atomic mass is 127. The molecule has 0 bridgehead atoms. The first-order valence-electron chi connectivity index (χ1n) is 8.69. The second kappa shape index (κ2) is 14.1. The normalized spacial score (nSPS) is 10.9. The van der Waals surface area contributed by atoms with Crippen LogP contribution in [0.3, 0.4) is 0 Å². The number of nitrogens with one attached hydrogen (secondary N) is 3. The highest BCUT2D eigenvalue weighted by molar-refractivity contribution is 14.0. The van der Waals surface area contributed by atoms with Gasteiger partial charge < -0.3 is 29.5 Å². The molecule has 0 aromatic carbocycles. The predicted molar refractivity (Wildman–Crippen MR) is 113 cm³/mol. The van der Waals surface area contributed by atoms with Gasteiger partial charge in [0.1, 0.15) is 24.7 Å². The number of ether oxygens (including phenoxy) is 1. The topological polar surface area (TPSA) is 101 Å². The van der Waals surface area contributed by atoms with Gasteiger partial charge in [-0.05, 0) is 37.6 Å². The van der Waals surface area contributed by atoms with Crippen molar-refractivity contribution in [2.24, 2.45) is 4.99 Å². The van der Waals surface area contributed by atoms with Crippen LogP contribution in [0.5, 0.6) is 0 Å². The summed E-state index contributed by atoms with van der Waals surface area (Å²) in [6, 6.07) is 7.31. The minimum atomic E-state index is -0.166. The standard InChI is InChI=1S/C18H26N4O4.HI/c1-2-19-18(20-8-5-9-24-14-16-7-4-11-26-16)22-13-17(23)21-12-15-6-3-10-25-15;/h3-4,6-7,10-11H,2,5,8-9,12-14H2,1H3,(H,21,23)(H2,19,20,22);1H. The van der Waals surface area contributed by atoms with E-state index in [1.165, 1.54) is 0 Å². The molecule has 0 atom stereocenters. The molecule has 9 heteroatoms. The Balaban J connectivity index is 0.00000364. The SMILES string of the molecule is CCNC(=NCC(=O)NCc1ccco1)NCCCOCc1ccco1.I. The molecule has 0 aliphatic rings. The van der Waals surface area contributed by atoms with Crippen LogP contribution in [-0.4, -0.2) is 38.1 Å². The van der Waals surface area contributed by atoms with Gasteiger partial charge in [-0.3, -0.25) is 4.79 Å². The second-order valence-corrected chi connectivity index (χ2v) is 5.46. The molecule has 2 aromatic heterocycles. The molecule has 0 aliphatic carbocycles. The summed E-state index contributed by atoms with van der Waals surface area (Å²) in [5, 5.41) is 9.04. The van der Waals surface area contributed by atoms with Crippen LogP contribution < -0.4 is 16.0 Å². The van der Waals surface area contributed by atoms with Crippen LogP contribution in [0.4, 0.5) is 0 Å². The maximum absolute atomic E-state index is 11.8. The number of carbonyl (C=O) groups is 1. The number of aliphatic imine (C=N–C) groups is 1. The average molecular weight is 490 g/mol. The largest absolute Gasteiger partial charge is 0.467 e. The van der Waals surface area contributed by atoms with Crippen LogP contribution in [0.1, 0.15) is 24.9 Å². The highest BCUT2D eigenvalue weighted by Gasteiger charge is 2.03. The van der Waals surface area contributed by atoms with Crippen molar-refractivity contribution < 1.29 is 18.4 Å². The summed E-state index contributed by atoms with van der Waals surface area (Å²) < 4.78 is 15.9. The third-order valence-corrected chi connectivity index (χ3v) is 3.35. The summed E-state index contributed by atoms with van der Waals surface area (Å²) in [5.41, 5.74) is 0. The zero-order chi connectivity index (χ0) is 18.5. The summed E-state index contributed by atoms with van der Waals surface area (Å²) >= 11 is 0. The number of nitrogens with zero attached hydrogens (tertiary/aromatic N) is 1. The molecule has 150 valence electrons. The third-order valence-electron chi connectivity index (χ3n) is 3.35. The number of furan rings is 2. The van der Waals surface area contributed by atoms with E-state index in [0.29, 0.717) is 38.0 Å². The van der Waals surface area contributed by atoms with Gasteiger partial charge in [0.2, 0.25) is 5.91 Å². The number of hydrogen-bond acceptors (Lipinski definition) is 5. The van der Waals surface area contributed by atoms with Gasteiger partial charge in [0, 0.05) is 19.7 Å². The van der Waals surface area contributed by atoms with E-state index in [-0.39, 0.29) is 36.4 Å². The third kappa shape index (κ3) is 10.0. The van der Waals surface area contributed by atoms with Crippen LogP contribution in [0.25, 0.3) is 0 Å². The summed E-state index contributed by atoms with van der Waals surface area (Å²) in [5.74, 6) is 1.96. The molecule has 0 aliphatic heterocycles. The van der Waals surface area contributed by atoms with Crippen molar-refractivity contribution in [3.8, 4) is 0 Å². The number of guanidine groups is 1. The van der Waals surface area contributed by atoms with Crippen molar-refractivity contribution in [1.82, 2.24) is 16.0 Å². The Morgan fingerprint density at radius 1 is 1.11 bits per heavy atom. The molecular weight excluding hydrogens is 463 g/mol. The van der Waals surface area contributed by atoms with E-state index >= 15 is 0 Å². The Labute approximate surface area is 176 Å². The lowest BCUT2D eigenvalue weighted by atomic mass is 10.4. The Kier molecular flexibility index (Phi) is 12.0. The van der Waals surface area contributed by atoms with Gasteiger partial charge >= 0.3 is 0 Å². The molecule has 0 saturated carbocycles. The Bertz CT molecular complexity index is 644. The van der Waals surface area contributed by atoms with Crippen LogP contribution >= 0.6 is 24.0 Å². The molecule has 0 unspecified atom stereocenters. The van der Waals surface area contributed by atoms with Crippen molar-refractivity contribution in [3.05, 3.63) is 48.3 Å². The number of carbonyl (C=O) groups excluding carboxylic acids is 1. The lowest BCUT2D eigenvalue weighted by molar-refractivity contribution is -0.119. The zero-order valence-corrected chi connectivity index (χ0v) is 17.7. The molecule has 2 heterocycles. The molecule has 0 spiro atoms. The highest BCUT2D eigenvalue weighted by Crippen LogP contribution is 2.01. The van der Waals surface area contributed by atoms with Crippen LogP contribution in [-0.2, 0) is 22.7 Å². The van der Waals surface area contributed by atoms with E-state index in [9.17, 15) is 4.79 Å². The molecule has 0 fully saturated rings. The summed E-state index contributed by atoms with van der Waals surface area (Å²) in [4.78, 5) is 16.1. The van der Waals surface area contributed by atoms with Crippen molar-refractivity contribution in [2.75, 3.05) is 26.2 Å². The van der Waals surface area contributed by atoms with E-state index in [0.717, 1.165) is 18.7 Å². The number of halogens is 1. The molecule has 2 aromatic rings. The maximum Gasteiger partial charge on any atom is 0.242 e. The first-order valence-corrected chi connectivity index (χ1v) is 8.69. The Morgan fingerprint density at radius 3 is 2.52 bits per heavy atom. The Morgan fingerprint density at radius 2 is 1.85 bits per heavy atom. The van der Waals surface area contributed by atoms with E-state index in [2.05, 4.69) is 20.9 Å². The lowest BCUT2D eigenvalue weighted by Gasteiger charge is -2.11. The van der Waals surface area contributed by atoms with E-state index < -0.39 is 0 Å². The zero-order valence-electron chi connectivity index (χ0n) is 15.4. The number of rotatable bonds is 11. The molecule has 0 saturated heterocycles. The summed E-state index contributed by atoms with van der Waals surface area (Å²) in [6.45, 7) is 4.87. The van der Waals surface area contributed by atoms with E-state index in [4.69, 9.17) is 13.6 Å². The lowest BCUT2D eigenvalue weighted by Crippen LogP contribution is -2.39. The maximum atomic E-state index is 11.8. The van der Waals surface area contributed by atoms with Crippen molar-refractivity contribution in [3.63, 3.8) is 0 Å². The first-order chi connectivity index (χ1) is 12.8. The first kappa shape index (κ1) is 23.0. The van der Waals surface area contributed by atoms with Crippen molar-refractivity contribution >= 4 is 35.8 Å². The van der Waals surface area contributed by atoms with Crippen molar-refractivity contribution in [2.45, 2.75) is 26.5 Å². The quantitative estimate of drug-likeness (QED) is 0.194. The van der Waals surface area contributed by atoms with E-state index in [1.807, 2.05) is 25.1 Å². The average Bonchev–Trinajstić information content (AvgIpc) is 3.34. The molecule has 0 radical (unpaired) electrons. The fourth-order valence-electron chi connectivity index (χ4n) is 2.10. The predicted octanol–water partition coefficient (Wildman–Crippen LogP) is 2.27. The molecule has 27 heavy (non-hydrogen) atoms. The minimum Gasteiger partial charge on any atom is -0.467 e. The number of hydrogen-bond donors (Lipinski definition) is 3. The van der Waals surface area contributed by atoms with Gasteiger partial charge in [-0.25, -0.2) is 4.99 Å².